The lowest BCUT2D eigenvalue weighted by Crippen LogP contribution is -2.44. The fraction of sp³-hybridized carbons (Fsp3) is 0.294. The predicted molar refractivity (Wildman–Crippen MR) is 84.0 cm³/mol. The Morgan fingerprint density at radius 3 is 2.64 bits per heavy atom. The Labute approximate surface area is 128 Å². The van der Waals surface area contributed by atoms with E-state index in [1.807, 2.05) is 44.2 Å². The maximum Gasteiger partial charge on any atom is 0.328 e. The molecule has 5 nitrogen and oxygen atoms in total. The van der Waals surface area contributed by atoms with E-state index in [2.05, 4.69) is 10.1 Å². The van der Waals surface area contributed by atoms with Gasteiger partial charge in [0.1, 0.15) is 17.4 Å². The van der Waals surface area contributed by atoms with Crippen molar-refractivity contribution in [2.24, 2.45) is 5.92 Å². The van der Waals surface area contributed by atoms with Gasteiger partial charge in [-0.15, -0.1) is 0 Å². The SMILES string of the molecule is COC(=O)[C@@H](NC(=O)C=Cc1cc2ccccc2o1)C(C)C. The van der Waals surface area contributed by atoms with Crippen molar-refractivity contribution in [2.75, 3.05) is 7.11 Å². The van der Waals surface area contributed by atoms with E-state index >= 15 is 0 Å². The first-order chi connectivity index (χ1) is 10.5. The minimum atomic E-state index is -0.669. The van der Waals surface area contributed by atoms with Crippen LogP contribution in [0.5, 0.6) is 0 Å². The van der Waals surface area contributed by atoms with Gasteiger partial charge in [-0.2, -0.15) is 0 Å². The van der Waals surface area contributed by atoms with Crippen LogP contribution in [0.4, 0.5) is 0 Å². The van der Waals surface area contributed by atoms with Gasteiger partial charge in [0.2, 0.25) is 5.91 Å². The molecule has 2 aromatic rings. The third-order valence-electron chi connectivity index (χ3n) is 3.26. The number of carbonyl (C=O) groups is 2. The highest BCUT2D eigenvalue weighted by atomic mass is 16.5. The van der Waals surface area contributed by atoms with Crippen LogP contribution >= 0.6 is 0 Å². The molecule has 2 rings (SSSR count). The number of amides is 1. The molecule has 0 saturated carbocycles. The van der Waals surface area contributed by atoms with Crippen molar-refractivity contribution in [3.63, 3.8) is 0 Å². The first-order valence-electron chi connectivity index (χ1n) is 7.06. The Balaban J connectivity index is 2.05. The van der Waals surface area contributed by atoms with E-state index in [4.69, 9.17) is 4.42 Å². The van der Waals surface area contributed by atoms with Gasteiger partial charge in [-0.05, 0) is 24.1 Å². The summed E-state index contributed by atoms with van der Waals surface area (Å²) in [5.41, 5.74) is 0.761. The highest BCUT2D eigenvalue weighted by molar-refractivity contribution is 5.95. The largest absolute Gasteiger partial charge is 0.467 e. The molecular formula is C17H19NO4. The van der Waals surface area contributed by atoms with Crippen molar-refractivity contribution in [1.29, 1.82) is 0 Å². The fourth-order valence-electron chi connectivity index (χ4n) is 2.07. The summed E-state index contributed by atoms with van der Waals surface area (Å²) < 4.78 is 10.3. The third-order valence-corrected chi connectivity index (χ3v) is 3.26. The first-order valence-corrected chi connectivity index (χ1v) is 7.06. The Kier molecular flexibility index (Phi) is 4.99. The molecule has 0 spiro atoms. The average Bonchev–Trinajstić information content (AvgIpc) is 2.92. The van der Waals surface area contributed by atoms with Crippen LogP contribution in [0.25, 0.3) is 17.0 Å². The summed E-state index contributed by atoms with van der Waals surface area (Å²) in [5.74, 6) is -0.309. The van der Waals surface area contributed by atoms with E-state index < -0.39 is 12.0 Å². The number of nitrogens with one attached hydrogen (secondary N) is 1. The van der Waals surface area contributed by atoms with Gasteiger partial charge >= 0.3 is 5.97 Å². The van der Waals surface area contributed by atoms with Crippen LogP contribution < -0.4 is 5.32 Å². The van der Waals surface area contributed by atoms with Crippen LogP contribution in [0.15, 0.2) is 40.8 Å². The quantitative estimate of drug-likeness (QED) is 0.681. The van der Waals surface area contributed by atoms with Crippen LogP contribution in [0.3, 0.4) is 0 Å². The zero-order valence-corrected chi connectivity index (χ0v) is 12.8. The third kappa shape index (κ3) is 3.75. The van der Waals surface area contributed by atoms with Crippen LogP contribution in [0.1, 0.15) is 19.6 Å². The van der Waals surface area contributed by atoms with E-state index in [0.717, 1.165) is 11.0 Å². The summed E-state index contributed by atoms with van der Waals surface area (Å²) in [6.45, 7) is 3.68. The number of hydrogen-bond acceptors (Lipinski definition) is 4. The summed E-state index contributed by atoms with van der Waals surface area (Å²) in [6, 6.07) is 8.77. The second-order valence-corrected chi connectivity index (χ2v) is 5.27. The lowest BCUT2D eigenvalue weighted by atomic mass is 10.0. The van der Waals surface area contributed by atoms with Crippen molar-refractivity contribution in [2.45, 2.75) is 19.9 Å². The molecule has 0 aliphatic rings. The number of rotatable bonds is 5. The second-order valence-electron chi connectivity index (χ2n) is 5.27. The monoisotopic (exact) mass is 301 g/mol. The van der Waals surface area contributed by atoms with Gasteiger partial charge in [-0.3, -0.25) is 4.79 Å². The van der Waals surface area contributed by atoms with Gasteiger partial charge < -0.3 is 14.5 Å². The number of esters is 1. The molecule has 1 amide bonds. The highest BCUT2D eigenvalue weighted by Crippen LogP contribution is 2.19. The van der Waals surface area contributed by atoms with Crippen molar-refractivity contribution in [3.05, 3.63) is 42.2 Å². The van der Waals surface area contributed by atoms with E-state index in [1.165, 1.54) is 13.2 Å². The molecule has 0 saturated heterocycles. The Morgan fingerprint density at radius 2 is 2.00 bits per heavy atom. The molecule has 5 heteroatoms. The number of ether oxygens (including phenoxy) is 1. The average molecular weight is 301 g/mol. The number of furan rings is 1. The van der Waals surface area contributed by atoms with Crippen molar-refractivity contribution in [3.8, 4) is 0 Å². The number of methoxy groups -OCH3 is 1. The van der Waals surface area contributed by atoms with E-state index in [1.54, 1.807) is 6.08 Å². The molecule has 0 fully saturated rings. The fourth-order valence-corrected chi connectivity index (χ4v) is 2.07. The number of benzene rings is 1. The van der Waals surface area contributed by atoms with Gasteiger partial charge in [0.15, 0.2) is 0 Å². The molecule has 0 unspecified atom stereocenters. The lowest BCUT2D eigenvalue weighted by molar-refractivity contribution is -0.145. The van der Waals surface area contributed by atoms with E-state index in [9.17, 15) is 9.59 Å². The van der Waals surface area contributed by atoms with Gasteiger partial charge in [-0.25, -0.2) is 4.79 Å². The van der Waals surface area contributed by atoms with Crippen molar-refractivity contribution >= 4 is 28.9 Å². The maximum atomic E-state index is 11.9. The van der Waals surface area contributed by atoms with Crippen molar-refractivity contribution < 1.29 is 18.7 Å². The zero-order valence-electron chi connectivity index (χ0n) is 12.8. The van der Waals surface area contributed by atoms with Crippen molar-refractivity contribution in [1.82, 2.24) is 5.32 Å². The molecule has 1 heterocycles. The molecule has 1 N–H and O–H groups in total. The van der Waals surface area contributed by atoms with Crippen LogP contribution in [-0.2, 0) is 14.3 Å². The molecule has 0 radical (unpaired) electrons. The molecule has 1 aromatic heterocycles. The molecule has 0 bridgehead atoms. The predicted octanol–water partition coefficient (Wildman–Crippen LogP) is 2.76. The minimum Gasteiger partial charge on any atom is -0.467 e. The van der Waals surface area contributed by atoms with Gasteiger partial charge in [0.05, 0.1) is 7.11 Å². The molecular weight excluding hydrogens is 282 g/mol. The number of hydrogen-bond donors (Lipinski definition) is 1. The van der Waals surface area contributed by atoms with Gasteiger partial charge in [0.25, 0.3) is 0 Å². The summed E-state index contributed by atoms with van der Waals surface area (Å²) in [4.78, 5) is 23.5. The number of carbonyl (C=O) groups excluding carboxylic acids is 2. The number of fused-ring (bicyclic) bond motifs is 1. The summed E-state index contributed by atoms with van der Waals surface area (Å²) >= 11 is 0. The highest BCUT2D eigenvalue weighted by Gasteiger charge is 2.23. The first kappa shape index (κ1) is 15.8. The maximum absolute atomic E-state index is 11.9. The smallest absolute Gasteiger partial charge is 0.328 e. The van der Waals surface area contributed by atoms with Gasteiger partial charge in [0, 0.05) is 11.5 Å². The van der Waals surface area contributed by atoms with Crippen LogP contribution in [0.2, 0.25) is 0 Å². The van der Waals surface area contributed by atoms with Crippen LogP contribution in [-0.4, -0.2) is 25.0 Å². The summed E-state index contributed by atoms with van der Waals surface area (Å²) in [5, 5.41) is 3.60. The van der Waals surface area contributed by atoms with E-state index in [0.29, 0.717) is 5.76 Å². The lowest BCUT2D eigenvalue weighted by Gasteiger charge is -2.18. The molecule has 0 aliphatic carbocycles. The van der Waals surface area contributed by atoms with Gasteiger partial charge in [-0.1, -0.05) is 32.0 Å². The molecule has 0 aliphatic heterocycles. The Hall–Kier alpha value is -2.56. The second kappa shape index (κ2) is 6.93. The topological polar surface area (TPSA) is 68.5 Å². The Bertz CT molecular complexity index is 667. The summed E-state index contributed by atoms with van der Waals surface area (Å²) in [6.07, 6.45) is 2.92. The number of para-hydroxylation sites is 1. The Morgan fingerprint density at radius 1 is 1.27 bits per heavy atom. The minimum absolute atomic E-state index is 0.0593. The normalized spacial score (nSPS) is 12.7. The molecule has 1 atom stereocenters. The molecule has 22 heavy (non-hydrogen) atoms. The zero-order chi connectivity index (χ0) is 16.1. The van der Waals surface area contributed by atoms with Crippen LogP contribution in [0, 0.1) is 5.92 Å². The summed E-state index contributed by atoms with van der Waals surface area (Å²) in [7, 11) is 1.30. The molecule has 1 aromatic carbocycles. The molecule has 116 valence electrons. The standard InChI is InChI=1S/C17H19NO4/c1-11(2)16(17(20)21-3)18-15(19)9-8-13-10-12-6-4-5-7-14(12)22-13/h4-11,16H,1-3H3,(H,18,19)/t16-/m0/s1. The van der Waals surface area contributed by atoms with E-state index in [-0.39, 0.29) is 11.8 Å².